The van der Waals surface area contributed by atoms with Gasteiger partial charge in [0.15, 0.2) is 23.0 Å². The van der Waals surface area contributed by atoms with E-state index in [0.717, 1.165) is 11.1 Å². The number of nitrogens with zero attached hydrogens (tertiary/aromatic N) is 2. The highest BCUT2D eigenvalue weighted by Gasteiger charge is 2.07. The van der Waals surface area contributed by atoms with Crippen LogP contribution < -0.4 is 29.8 Å². The van der Waals surface area contributed by atoms with E-state index in [1.165, 1.54) is 12.4 Å². The van der Waals surface area contributed by atoms with Crippen molar-refractivity contribution >= 4 is 24.2 Å². The van der Waals surface area contributed by atoms with Crippen LogP contribution in [0.15, 0.2) is 46.6 Å². The number of rotatable bonds is 13. The summed E-state index contributed by atoms with van der Waals surface area (Å²) in [6, 6.07) is 10.6. The molecule has 182 valence electrons. The Morgan fingerprint density at radius 3 is 1.50 bits per heavy atom. The summed E-state index contributed by atoms with van der Waals surface area (Å²) >= 11 is 0. The van der Waals surface area contributed by atoms with Crippen molar-refractivity contribution in [3.05, 3.63) is 47.5 Å². The monoisotopic (exact) mass is 470 g/mol. The van der Waals surface area contributed by atoms with Gasteiger partial charge in [0.25, 0.3) is 0 Å². The minimum absolute atomic E-state index is 0.0395. The number of benzene rings is 2. The molecule has 0 saturated heterocycles. The molecule has 2 rings (SSSR count). The topological polar surface area (TPSA) is 120 Å². The fourth-order valence-corrected chi connectivity index (χ4v) is 2.77. The minimum Gasteiger partial charge on any atom is -0.493 e. The second kappa shape index (κ2) is 14.1. The molecule has 2 N–H and O–H groups in total. The first-order valence-electron chi connectivity index (χ1n) is 10.8. The SMILES string of the molecule is CCOc1ccc(C=NNC(=O)CCC(=O)NN=Cc2ccc(OCC)c(OC)c2)cc1OC. The molecule has 0 aliphatic rings. The minimum atomic E-state index is -0.399. The molecule has 0 spiro atoms. The van der Waals surface area contributed by atoms with Gasteiger partial charge < -0.3 is 18.9 Å². The van der Waals surface area contributed by atoms with Gasteiger partial charge in [-0.15, -0.1) is 0 Å². The first-order chi connectivity index (χ1) is 16.5. The Morgan fingerprint density at radius 1 is 0.735 bits per heavy atom. The first kappa shape index (κ1) is 26.2. The molecule has 0 saturated carbocycles. The average Bonchev–Trinajstić information content (AvgIpc) is 2.84. The maximum atomic E-state index is 11.9. The fraction of sp³-hybridized carbons (Fsp3) is 0.333. The van der Waals surface area contributed by atoms with Gasteiger partial charge in [-0.1, -0.05) is 0 Å². The smallest absolute Gasteiger partial charge is 0.240 e. The van der Waals surface area contributed by atoms with Crippen molar-refractivity contribution in [3.63, 3.8) is 0 Å². The van der Waals surface area contributed by atoms with Crippen molar-refractivity contribution in [2.75, 3.05) is 27.4 Å². The molecule has 10 nitrogen and oxygen atoms in total. The number of carbonyl (C=O) groups excluding carboxylic acids is 2. The molecule has 0 unspecified atom stereocenters. The standard InChI is InChI=1S/C24H30N4O6/c1-5-33-19-9-7-17(13-21(19)31-3)15-25-27-23(29)11-12-24(30)28-26-16-18-8-10-20(34-6-2)22(14-18)32-4/h7-10,13-16H,5-6,11-12H2,1-4H3,(H,27,29)(H,28,30). The Morgan fingerprint density at radius 2 is 1.15 bits per heavy atom. The molecule has 2 aromatic rings. The lowest BCUT2D eigenvalue weighted by Crippen LogP contribution is -2.22. The predicted molar refractivity (Wildman–Crippen MR) is 129 cm³/mol. The molecule has 0 bridgehead atoms. The van der Waals surface area contributed by atoms with E-state index in [-0.39, 0.29) is 12.8 Å². The Kier molecular flexibility index (Phi) is 10.9. The van der Waals surface area contributed by atoms with Gasteiger partial charge in [0.1, 0.15) is 0 Å². The highest BCUT2D eigenvalue weighted by Crippen LogP contribution is 2.28. The molecule has 0 aliphatic heterocycles. The van der Waals surface area contributed by atoms with Crippen molar-refractivity contribution in [2.24, 2.45) is 10.2 Å². The van der Waals surface area contributed by atoms with Gasteiger partial charge in [0.05, 0.1) is 39.9 Å². The number of nitrogens with one attached hydrogen (secondary N) is 2. The Labute approximate surface area is 198 Å². The molecule has 10 heteroatoms. The number of hydrogen-bond acceptors (Lipinski definition) is 8. The van der Waals surface area contributed by atoms with E-state index in [1.54, 1.807) is 50.6 Å². The van der Waals surface area contributed by atoms with E-state index < -0.39 is 11.8 Å². The van der Waals surface area contributed by atoms with Crippen molar-refractivity contribution in [3.8, 4) is 23.0 Å². The van der Waals surface area contributed by atoms with Gasteiger partial charge >= 0.3 is 0 Å². The zero-order valence-electron chi connectivity index (χ0n) is 19.8. The van der Waals surface area contributed by atoms with Crippen molar-refractivity contribution in [1.82, 2.24) is 10.9 Å². The van der Waals surface area contributed by atoms with E-state index in [4.69, 9.17) is 18.9 Å². The molecule has 34 heavy (non-hydrogen) atoms. The number of carbonyl (C=O) groups is 2. The van der Waals surface area contributed by atoms with Gasteiger partial charge in [0.2, 0.25) is 11.8 Å². The summed E-state index contributed by atoms with van der Waals surface area (Å²) in [5.74, 6) is 1.59. The van der Waals surface area contributed by atoms with Gasteiger partial charge in [-0.2, -0.15) is 10.2 Å². The van der Waals surface area contributed by atoms with E-state index >= 15 is 0 Å². The van der Waals surface area contributed by atoms with Crippen molar-refractivity contribution in [2.45, 2.75) is 26.7 Å². The molecule has 0 aliphatic carbocycles. The summed E-state index contributed by atoms with van der Waals surface area (Å²) < 4.78 is 21.5. The van der Waals surface area contributed by atoms with Crippen LogP contribution in [-0.4, -0.2) is 51.7 Å². The Hall–Kier alpha value is -4.08. The first-order valence-corrected chi connectivity index (χ1v) is 10.8. The molecule has 2 amide bonds. The summed E-state index contributed by atoms with van der Waals surface area (Å²) in [6.45, 7) is 4.82. The van der Waals surface area contributed by atoms with E-state index in [9.17, 15) is 9.59 Å². The molecule has 0 atom stereocenters. The van der Waals surface area contributed by atoms with E-state index in [0.29, 0.717) is 36.2 Å². The Bertz CT molecular complexity index is 941. The normalized spacial score (nSPS) is 10.8. The van der Waals surface area contributed by atoms with Gasteiger partial charge in [-0.3, -0.25) is 9.59 Å². The largest absolute Gasteiger partial charge is 0.493 e. The van der Waals surface area contributed by atoms with E-state index in [2.05, 4.69) is 21.1 Å². The predicted octanol–water partition coefficient (Wildman–Crippen LogP) is 2.88. The number of hydrazone groups is 2. The number of hydrogen-bond donors (Lipinski definition) is 2. The highest BCUT2D eigenvalue weighted by atomic mass is 16.5. The van der Waals surface area contributed by atoms with Crippen molar-refractivity contribution < 1.29 is 28.5 Å². The number of amides is 2. The molecule has 0 radical (unpaired) electrons. The lowest BCUT2D eigenvalue weighted by Gasteiger charge is -2.09. The zero-order chi connectivity index (χ0) is 24.8. The van der Waals surface area contributed by atoms with Crippen LogP contribution in [0, 0.1) is 0 Å². The van der Waals surface area contributed by atoms with Crippen LogP contribution in [0.25, 0.3) is 0 Å². The van der Waals surface area contributed by atoms with Crippen LogP contribution >= 0.6 is 0 Å². The summed E-state index contributed by atoms with van der Waals surface area (Å²) in [4.78, 5) is 23.9. The molecule has 2 aromatic carbocycles. The third-order valence-electron chi connectivity index (χ3n) is 4.36. The summed E-state index contributed by atoms with van der Waals surface area (Å²) in [5.41, 5.74) is 6.22. The highest BCUT2D eigenvalue weighted by molar-refractivity contribution is 5.87. The van der Waals surface area contributed by atoms with Gasteiger partial charge in [0, 0.05) is 12.8 Å². The van der Waals surface area contributed by atoms with Crippen LogP contribution in [0.5, 0.6) is 23.0 Å². The third kappa shape index (κ3) is 8.45. The second-order valence-electron chi connectivity index (χ2n) is 6.77. The molecular weight excluding hydrogens is 440 g/mol. The number of methoxy groups -OCH3 is 2. The maximum absolute atomic E-state index is 11.9. The Balaban J connectivity index is 1.77. The van der Waals surface area contributed by atoms with Crippen LogP contribution in [0.4, 0.5) is 0 Å². The van der Waals surface area contributed by atoms with Crippen LogP contribution in [0.2, 0.25) is 0 Å². The van der Waals surface area contributed by atoms with E-state index in [1.807, 2.05) is 13.8 Å². The average molecular weight is 471 g/mol. The molecule has 0 fully saturated rings. The van der Waals surface area contributed by atoms with Gasteiger partial charge in [-0.05, 0) is 61.4 Å². The third-order valence-corrected chi connectivity index (χ3v) is 4.36. The zero-order valence-corrected chi connectivity index (χ0v) is 19.8. The maximum Gasteiger partial charge on any atom is 0.240 e. The summed E-state index contributed by atoms with van der Waals surface area (Å²) in [5, 5.41) is 7.81. The lowest BCUT2D eigenvalue weighted by atomic mass is 10.2. The van der Waals surface area contributed by atoms with Crippen LogP contribution in [-0.2, 0) is 9.59 Å². The quantitative estimate of drug-likeness (QED) is 0.343. The van der Waals surface area contributed by atoms with Crippen LogP contribution in [0.3, 0.4) is 0 Å². The van der Waals surface area contributed by atoms with Gasteiger partial charge in [-0.25, -0.2) is 10.9 Å². The molecular formula is C24H30N4O6. The molecule has 0 heterocycles. The number of ether oxygens (including phenoxy) is 4. The van der Waals surface area contributed by atoms with Crippen molar-refractivity contribution in [1.29, 1.82) is 0 Å². The lowest BCUT2D eigenvalue weighted by molar-refractivity contribution is -0.126. The fourth-order valence-electron chi connectivity index (χ4n) is 2.77. The second-order valence-corrected chi connectivity index (χ2v) is 6.77. The van der Waals surface area contributed by atoms with Crippen LogP contribution in [0.1, 0.15) is 37.8 Å². The molecule has 0 aromatic heterocycles. The summed E-state index contributed by atoms with van der Waals surface area (Å²) in [7, 11) is 3.09. The summed E-state index contributed by atoms with van der Waals surface area (Å²) in [6.07, 6.45) is 2.88.